The van der Waals surface area contributed by atoms with E-state index in [1.807, 2.05) is 23.1 Å². The monoisotopic (exact) mass is 475 g/mol. The molecule has 1 aromatic heterocycles. The highest BCUT2D eigenvalue weighted by molar-refractivity contribution is 5.89. The quantitative estimate of drug-likeness (QED) is 0.469. The number of nitrogens with one attached hydrogen (secondary N) is 1. The van der Waals surface area contributed by atoms with Crippen LogP contribution in [0.1, 0.15) is 24.5 Å². The number of methoxy groups -OCH3 is 1. The standard InChI is InChI=1S/C28H30FN3O3/c1-20-19-32(28(33)31-25-10-11-27(34-2)30-18-25)14-12-23(20)16-22-4-3-5-26(17-22)35-15-13-21-6-8-24(29)9-7-21/h3-11,16-18,20H,12-15,19H2,1-2H3,(H,31,33). The van der Waals surface area contributed by atoms with E-state index in [0.29, 0.717) is 37.7 Å². The molecular formula is C28H30FN3O3. The van der Waals surface area contributed by atoms with Crippen LogP contribution in [-0.4, -0.2) is 42.7 Å². The fourth-order valence-electron chi connectivity index (χ4n) is 4.07. The van der Waals surface area contributed by atoms with Crippen LogP contribution in [0.4, 0.5) is 14.9 Å². The maximum Gasteiger partial charge on any atom is 0.321 e. The van der Waals surface area contributed by atoms with E-state index in [-0.39, 0.29) is 17.8 Å². The van der Waals surface area contributed by atoms with Crippen LogP contribution in [0.25, 0.3) is 6.08 Å². The first-order valence-corrected chi connectivity index (χ1v) is 11.7. The molecule has 1 saturated heterocycles. The molecule has 7 heteroatoms. The van der Waals surface area contributed by atoms with Crippen molar-refractivity contribution in [1.29, 1.82) is 0 Å². The van der Waals surface area contributed by atoms with Crippen molar-refractivity contribution in [3.8, 4) is 11.6 Å². The summed E-state index contributed by atoms with van der Waals surface area (Å²) in [5, 5.41) is 2.90. The van der Waals surface area contributed by atoms with E-state index in [1.165, 1.54) is 17.7 Å². The van der Waals surface area contributed by atoms with Gasteiger partial charge in [-0.2, -0.15) is 0 Å². The Bertz CT molecular complexity index is 1160. The molecule has 4 rings (SSSR count). The number of nitrogens with zero attached hydrogens (tertiary/aromatic N) is 2. The Labute approximate surface area is 205 Å². The number of carbonyl (C=O) groups is 1. The molecule has 2 aromatic carbocycles. The van der Waals surface area contributed by atoms with Crippen LogP contribution >= 0.6 is 0 Å². The van der Waals surface area contributed by atoms with Gasteiger partial charge in [0.15, 0.2) is 0 Å². The Kier molecular flexibility index (Phi) is 7.98. The van der Waals surface area contributed by atoms with Crippen LogP contribution in [0, 0.1) is 11.7 Å². The van der Waals surface area contributed by atoms with Crippen molar-refractivity contribution in [2.45, 2.75) is 19.8 Å². The summed E-state index contributed by atoms with van der Waals surface area (Å²) in [7, 11) is 1.56. The number of hydrogen-bond acceptors (Lipinski definition) is 4. The number of ether oxygens (including phenoxy) is 2. The number of benzene rings is 2. The van der Waals surface area contributed by atoms with Crippen LogP contribution in [0.3, 0.4) is 0 Å². The molecule has 1 atom stereocenters. The molecule has 1 aliphatic heterocycles. The second-order valence-corrected chi connectivity index (χ2v) is 8.63. The van der Waals surface area contributed by atoms with E-state index in [2.05, 4.69) is 29.4 Å². The second-order valence-electron chi connectivity index (χ2n) is 8.63. The van der Waals surface area contributed by atoms with Gasteiger partial charge in [-0.15, -0.1) is 0 Å². The molecule has 3 aromatic rings. The van der Waals surface area contributed by atoms with Crippen molar-refractivity contribution in [2.24, 2.45) is 5.92 Å². The predicted octanol–water partition coefficient (Wildman–Crippen LogP) is 5.81. The lowest BCUT2D eigenvalue weighted by atomic mass is 9.91. The highest BCUT2D eigenvalue weighted by Crippen LogP contribution is 2.26. The number of amides is 2. The molecule has 1 N–H and O–H groups in total. The largest absolute Gasteiger partial charge is 0.493 e. The maximum absolute atomic E-state index is 13.0. The van der Waals surface area contributed by atoms with E-state index in [4.69, 9.17) is 9.47 Å². The molecule has 0 radical (unpaired) electrons. The molecule has 0 bridgehead atoms. The van der Waals surface area contributed by atoms with Crippen LogP contribution in [-0.2, 0) is 6.42 Å². The summed E-state index contributed by atoms with van der Waals surface area (Å²) in [6.07, 6.45) is 5.31. The zero-order valence-corrected chi connectivity index (χ0v) is 20.0. The summed E-state index contributed by atoms with van der Waals surface area (Å²) in [6.45, 7) is 3.97. The molecular weight excluding hydrogens is 445 g/mol. The Morgan fingerprint density at radius 2 is 2.03 bits per heavy atom. The van der Waals surface area contributed by atoms with E-state index in [9.17, 15) is 9.18 Å². The average Bonchev–Trinajstić information content (AvgIpc) is 2.87. The molecule has 6 nitrogen and oxygen atoms in total. The first-order valence-electron chi connectivity index (χ1n) is 11.7. The van der Waals surface area contributed by atoms with Crippen LogP contribution in [0.5, 0.6) is 11.6 Å². The lowest BCUT2D eigenvalue weighted by molar-refractivity contribution is 0.198. The summed E-state index contributed by atoms with van der Waals surface area (Å²) in [4.78, 5) is 18.7. The number of rotatable bonds is 7. The normalized spacial score (nSPS) is 16.7. The molecule has 35 heavy (non-hydrogen) atoms. The minimum absolute atomic E-state index is 0.126. The molecule has 0 saturated carbocycles. The molecule has 1 fully saturated rings. The Balaban J connectivity index is 1.30. The van der Waals surface area contributed by atoms with Gasteiger partial charge in [0.25, 0.3) is 0 Å². The number of piperidine rings is 1. The van der Waals surface area contributed by atoms with Gasteiger partial charge in [-0.1, -0.05) is 42.8 Å². The lowest BCUT2D eigenvalue weighted by Gasteiger charge is -2.33. The smallest absolute Gasteiger partial charge is 0.321 e. The number of carbonyl (C=O) groups excluding carboxylic acids is 1. The summed E-state index contributed by atoms with van der Waals surface area (Å²) in [5.74, 6) is 1.32. The minimum Gasteiger partial charge on any atom is -0.493 e. The summed E-state index contributed by atoms with van der Waals surface area (Å²) in [6, 6.07) is 17.9. The molecule has 2 amide bonds. The predicted molar refractivity (Wildman–Crippen MR) is 135 cm³/mol. The van der Waals surface area contributed by atoms with Crippen molar-refractivity contribution < 1.29 is 18.7 Å². The van der Waals surface area contributed by atoms with Crippen LogP contribution < -0.4 is 14.8 Å². The van der Waals surface area contributed by atoms with Crippen molar-refractivity contribution in [2.75, 3.05) is 32.1 Å². The Morgan fingerprint density at radius 3 is 2.74 bits per heavy atom. The zero-order valence-electron chi connectivity index (χ0n) is 20.0. The number of hydrogen-bond donors (Lipinski definition) is 1. The van der Waals surface area contributed by atoms with Gasteiger partial charge in [-0.25, -0.2) is 14.2 Å². The van der Waals surface area contributed by atoms with Gasteiger partial charge in [-0.05, 0) is 53.8 Å². The molecule has 1 aliphatic rings. The maximum atomic E-state index is 13.0. The highest BCUT2D eigenvalue weighted by atomic mass is 19.1. The fraction of sp³-hybridized carbons (Fsp3) is 0.286. The molecule has 0 spiro atoms. The van der Waals surface area contributed by atoms with Gasteiger partial charge in [0.2, 0.25) is 5.88 Å². The molecule has 0 aliphatic carbocycles. The van der Waals surface area contributed by atoms with Crippen molar-refractivity contribution in [3.05, 3.63) is 89.4 Å². The molecule has 1 unspecified atom stereocenters. The Morgan fingerprint density at radius 1 is 1.20 bits per heavy atom. The molecule has 2 heterocycles. The topological polar surface area (TPSA) is 63.7 Å². The Hall–Kier alpha value is -3.87. The number of likely N-dealkylation sites (tertiary alicyclic amines) is 1. The van der Waals surface area contributed by atoms with Crippen LogP contribution in [0.2, 0.25) is 0 Å². The summed E-state index contributed by atoms with van der Waals surface area (Å²) in [5.41, 5.74) is 4.07. The third kappa shape index (κ3) is 6.82. The SMILES string of the molecule is COc1ccc(NC(=O)N2CCC(=Cc3cccc(OCCc4ccc(F)cc4)c3)C(C)C2)cn1. The minimum atomic E-state index is -0.231. The number of aromatic nitrogens is 1. The van der Waals surface area contributed by atoms with Gasteiger partial charge >= 0.3 is 6.03 Å². The highest BCUT2D eigenvalue weighted by Gasteiger charge is 2.24. The summed E-state index contributed by atoms with van der Waals surface area (Å²) < 4.78 is 24.0. The second kappa shape index (κ2) is 11.5. The number of halogens is 1. The third-order valence-electron chi connectivity index (χ3n) is 6.06. The van der Waals surface area contributed by atoms with E-state index >= 15 is 0 Å². The van der Waals surface area contributed by atoms with Crippen LogP contribution in [0.15, 0.2) is 72.4 Å². The van der Waals surface area contributed by atoms with Gasteiger partial charge < -0.3 is 19.7 Å². The van der Waals surface area contributed by atoms with E-state index < -0.39 is 0 Å². The van der Waals surface area contributed by atoms with Crippen molar-refractivity contribution in [3.63, 3.8) is 0 Å². The summed E-state index contributed by atoms with van der Waals surface area (Å²) >= 11 is 0. The number of pyridine rings is 1. The lowest BCUT2D eigenvalue weighted by Crippen LogP contribution is -2.42. The van der Waals surface area contributed by atoms with Gasteiger partial charge in [0.05, 0.1) is 25.6 Å². The number of urea groups is 1. The van der Waals surface area contributed by atoms with Gasteiger partial charge in [0.1, 0.15) is 11.6 Å². The van der Waals surface area contributed by atoms with Crippen molar-refractivity contribution in [1.82, 2.24) is 9.88 Å². The first-order chi connectivity index (χ1) is 17.0. The number of anilines is 1. The van der Waals surface area contributed by atoms with E-state index in [0.717, 1.165) is 23.3 Å². The van der Waals surface area contributed by atoms with Gasteiger partial charge in [0, 0.05) is 25.6 Å². The molecule has 182 valence electrons. The zero-order chi connectivity index (χ0) is 24.6. The van der Waals surface area contributed by atoms with E-state index in [1.54, 1.807) is 37.6 Å². The van der Waals surface area contributed by atoms with Gasteiger partial charge in [-0.3, -0.25) is 0 Å². The van der Waals surface area contributed by atoms with Crippen molar-refractivity contribution >= 4 is 17.8 Å². The first kappa shape index (κ1) is 24.3. The fourth-order valence-corrected chi connectivity index (χ4v) is 4.07. The third-order valence-corrected chi connectivity index (χ3v) is 6.06. The average molecular weight is 476 g/mol.